The van der Waals surface area contributed by atoms with Crippen LogP contribution >= 0.6 is 12.2 Å². The third-order valence-corrected chi connectivity index (χ3v) is 7.23. The molecule has 1 aliphatic heterocycles. The Morgan fingerprint density at radius 3 is 2.53 bits per heavy atom. The lowest BCUT2D eigenvalue weighted by atomic mass is 9.96. The Kier molecular flexibility index (Phi) is 6.91. The lowest BCUT2D eigenvalue weighted by Gasteiger charge is -2.29. The molecule has 38 heavy (non-hydrogen) atoms. The van der Waals surface area contributed by atoms with Gasteiger partial charge in [0.15, 0.2) is 5.11 Å². The molecule has 8 heteroatoms. The van der Waals surface area contributed by atoms with Gasteiger partial charge in [0.1, 0.15) is 5.75 Å². The van der Waals surface area contributed by atoms with Gasteiger partial charge in [0, 0.05) is 35.9 Å². The zero-order valence-corrected chi connectivity index (χ0v) is 23.0. The molecule has 1 saturated heterocycles. The number of pyridine rings is 1. The van der Waals surface area contributed by atoms with Gasteiger partial charge in [-0.05, 0) is 92.6 Å². The van der Waals surface area contributed by atoms with E-state index in [9.17, 15) is 4.79 Å². The van der Waals surface area contributed by atoms with Crippen molar-refractivity contribution in [2.45, 2.75) is 39.8 Å². The molecule has 4 aromatic rings. The molecule has 2 atom stereocenters. The van der Waals surface area contributed by atoms with Crippen molar-refractivity contribution < 1.29 is 9.53 Å². The van der Waals surface area contributed by atoms with Gasteiger partial charge in [0.25, 0.3) is 0 Å². The van der Waals surface area contributed by atoms with Gasteiger partial charge in [-0.1, -0.05) is 18.2 Å². The number of hydrogen-bond acceptors (Lipinski definition) is 4. The van der Waals surface area contributed by atoms with Gasteiger partial charge < -0.3 is 24.8 Å². The predicted octanol–water partition coefficient (Wildman–Crippen LogP) is 5.94. The number of hydrogen-bond donors (Lipinski definition) is 2. The van der Waals surface area contributed by atoms with Crippen molar-refractivity contribution in [3.05, 3.63) is 101 Å². The second-order valence-electron chi connectivity index (χ2n) is 9.56. The number of amides is 1. The summed E-state index contributed by atoms with van der Waals surface area (Å²) in [5.41, 5.74) is 8.07. The minimum atomic E-state index is -0.180. The number of methoxy groups -OCH3 is 1. The summed E-state index contributed by atoms with van der Waals surface area (Å²) in [5.74, 6) is 0.407. The number of rotatable bonds is 6. The molecule has 0 saturated carbocycles. The second kappa shape index (κ2) is 10.3. The van der Waals surface area contributed by atoms with Crippen LogP contribution in [-0.4, -0.2) is 27.7 Å². The highest BCUT2D eigenvalue weighted by Crippen LogP contribution is 2.45. The highest BCUT2D eigenvalue weighted by molar-refractivity contribution is 7.80. The molecule has 3 heterocycles. The van der Waals surface area contributed by atoms with Crippen molar-refractivity contribution in [3.63, 3.8) is 0 Å². The molecule has 1 fully saturated rings. The SMILES string of the molecule is COc1ccc(N2C(=S)N[C@@H](c3ccccn3)[C@@H]2c2cc(C)n(-c3cccc(C)c3)c2C)cc1NC(C)=O. The standard InChI is InChI=1S/C30H31N5O2S/c1-18-9-8-10-22(15-18)34-19(2)16-24(20(34)3)29-28(25-11-6-7-14-31-25)33-30(38)35(29)23-12-13-27(37-5)26(17-23)32-21(4)36/h6-17,28-29H,1-5H3,(H,32,36)(H,33,38)/t28-,29-/m0/s1. The fourth-order valence-corrected chi connectivity index (χ4v) is 5.68. The fourth-order valence-electron chi connectivity index (χ4n) is 5.33. The average Bonchev–Trinajstić information content (AvgIpc) is 3.39. The van der Waals surface area contributed by atoms with Gasteiger partial charge in [-0.2, -0.15) is 0 Å². The summed E-state index contributed by atoms with van der Waals surface area (Å²) in [5, 5.41) is 7.00. The van der Waals surface area contributed by atoms with Crippen LogP contribution in [0.4, 0.5) is 11.4 Å². The lowest BCUT2D eigenvalue weighted by Crippen LogP contribution is -2.29. The van der Waals surface area contributed by atoms with Crippen LogP contribution in [0.25, 0.3) is 5.69 Å². The molecule has 7 nitrogen and oxygen atoms in total. The largest absolute Gasteiger partial charge is 0.495 e. The second-order valence-corrected chi connectivity index (χ2v) is 9.95. The van der Waals surface area contributed by atoms with Gasteiger partial charge in [-0.15, -0.1) is 0 Å². The van der Waals surface area contributed by atoms with Crippen LogP contribution in [0, 0.1) is 20.8 Å². The number of aryl methyl sites for hydroxylation is 2. The number of thiocarbonyl (C=S) groups is 1. The van der Waals surface area contributed by atoms with E-state index in [0.29, 0.717) is 16.5 Å². The highest BCUT2D eigenvalue weighted by Gasteiger charge is 2.42. The Hall–Kier alpha value is -4.17. The number of ether oxygens (including phenoxy) is 1. The van der Waals surface area contributed by atoms with Crippen molar-refractivity contribution >= 4 is 34.6 Å². The zero-order chi connectivity index (χ0) is 27.0. The van der Waals surface area contributed by atoms with E-state index in [1.54, 1.807) is 13.3 Å². The number of carbonyl (C=O) groups excluding carboxylic acids is 1. The van der Waals surface area contributed by atoms with Crippen molar-refractivity contribution in [1.82, 2.24) is 14.9 Å². The first-order valence-electron chi connectivity index (χ1n) is 12.5. The number of anilines is 2. The molecule has 1 amide bonds. The number of carbonyl (C=O) groups is 1. The van der Waals surface area contributed by atoms with Crippen LogP contribution in [-0.2, 0) is 4.79 Å². The van der Waals surface area contributed by atoms with E-state index >= 15 is 0 Å². The molecule has 2 N–H and O–H groups in total. The predicted molar refractivity (Wildman–Crippen MR) is 155 cm³/mol. The number of aromatic nitrogens is 2. The molecule has 0 bridgehead atoms. The molecule has 194 valence electrons. The molecular formula is C30H31N5O2S. The summed E-state index contributed by atoms with van der Waals surface area (Å²) in [6.07, 6.45) is 1.80. The maximum atomic E-state index is 11.9. The third kappa shape index (κ3) is 4.63. The Balaban J connectivity index is 1.68. The molecule has 0 spiro atoms. The smallest absolute Gasteiger partial charge is 0.221 e. The monoisotopic (exact) mass is 525 g/mol. The quantitative estimate of drug-likeness (QED) is 0.304. The highest BCUT2D eigenvalue weighted by atomic mass is 32.1. The summed E-state index contributed by atoms with van der Waals surface area (Å²) in [7, 11) is 1.59. The Morgan fingerprint density at radius 1 is 1.03 bits per heavy atom. The third-order valence-electron chi connectivity index (χ3n) is 6.92. The lowest BCUT2D eigenvalue weighted by molar-refractivity contribution is -0.114. The first-order chi connectivity index (χ1) is 18.3. The maximum absolute atomic E-state index is 11.9. The number of benzene rings is 2. The van der Waals surface area contributed by atoms with E-state index in [1.165, 1.54) is 12.5 Å². The molecular weight excluding hydrogens is 494 g/mol. The molecule has 0 radical (unpaired) electrons. The van der Waals surface area contributed by atoms with Crippen LogP contribution in [0.5, 0.6) is 5.75 Å². The van der Waals surface area contributed by atoms with Crippen LogP contribution < -0.4 is 20.3 Å². The maximum Gasteiger partial charge on any atom is 0.221 e. The number of nitrogens with zero attached hydrogens (tertiary/aromatic N) is 3. The van der Waals surface area contributed by atoms with E-state index in [-0.39, 0.29) is 18.0 Å². The van der Waals surface area contributed by atoms with Gasteiger partial charge >= 0.3 is 0 Å². The van der Waals surface area contributed by atoms with Crippen molar-refractivity contribution in [3.8, 4) is 11.4 Å². The van der Waals surface area contributed by atoms with Crippen molar-refractivity contribution in [2.75, 3.05) is 17.3 Å². The Morgan fingerprint density at radius 2 is 1.84 bits per heavy atom. The Labute approximate surface area is 228 Å². The number of nitrogens with one attached hydrogen (secondary N) is 2. The zero-order valence-electron chi connectivity index (χ0n) is 22.1. The Bertz CT molecular complexity index is 1510. The first kappa shape index (κ1) is 25.5. The topological polar surface area (TPSA) is 71.4 Å². The van der Waals surface area contributed by atoms with Crippen LogP contribution in [0.2, 0.25) is 0 Å². The van der Waals surface area contributed by atoms with E-state index < -0.39 is 0 Å². The van der Waals surface area contributed by atoms with Crippen LogP contribution in [0.1, 0.15) is 47.2 Å². The van der Waals surface area contributed by atoms with Gasteiger partial charge in [0.05, 0.1) is 30.6 Å². The summed E-state index contributed by atoms with van der Waals surface area (Å²) in [6.45, 7) is 7.86. The normalized spacial score (nSPS) is 16.9. The van der Waals surface area contributed by atoms with E-state index in [0.717, 1.165) is 34.0 Å². The fraction of sp³-hybridized carbons (Fsp3) is 0.233. The van der Waals surface area contributed by atoms with Gasteiger partial charge in [0.2, 0.25) is 5.91 Å². The van der Waals surface area contributed by atoms with Gasteiger partial charge in [-0.3, -0.25) is 9.78 Å². The van der Waals surface area contributed by atoms with Crippen LogP contribution in [0.3, 0.4) is 0 Å². The van der Waals surface area contributed by atoms with E-state index in [4.69, 9.17) is 17.0 Å². The molecule has 1 aliphatic rings. The van der Waals surface area contributed by atoms with E-state index in [2.05, 4.69) is 76.2 Å². The van der Waals surface area contributed by atoms with Crippen molar-refractivity contribution in [2.24, 2.45) is 0 Å². The first-order valence-corrected chi connectivity index (χ1v) is 12.9. The molecule has 2 aromatic carbocycles. The van der Waals surface area contributed by atoms with Gasteiger partial charge in [-0.25, -0.2) is 0 Å². The summed E-state index contributed by atoms with van der Waals surface area (Å²) < 4.78 is 7.78. The average molecular weight is 526 g/mol. The summed E-state index contributed by atoms with van der Waals surface area (Å²) >= 11 is 5.92. The summed E-state index contributed by atoms with van der Waals surface area (Å²) in [4.78, 5) is 18.7. The molecule has 2 aromatic heterocycles. The minimum absolute atomic E-state index is 0.174. The molecule has 0 aliphatic carbocycles. The molecule has 5 rings (SSSR count). The minimum Gasteiger partial charge on any atom is -0.495 e. The van der Waals surface area contributed by atoms with Crippen LogP contribution in [0.15, 0.2) is 72.9 Å². The van der Waals surface area contributed by atoms with E-state index in [1.807, 2.05) is 36.4 Å². The van der Waals surface area contributed by atoms with Crippen molar-refractivity contribution in [1.29, 1.82) is 0 Å². The summed E-state index contributed by atoms with van der Waals surface area (Å²) in [6, 6.07) is 22.0. The molecule has 0 unspecified atom stereocenters.